The summed E-state index contributed by atoms with van der Waals surface area (Å²) in [6.07, 6.45) is 0.967. The number of thiophene rings is 1. The van der Waals surface area contributed by atoms with Crippen molar-refractivity contribution in [1.82, 2.24) is 5.32 Å². The highest BCUT2D eigenvalue weighted by atomic mass is 32.1. The minimum atomic E-state index is 0.390. The number of rotatable bonds is 7. The van der Waals surface area contributed by atoms with Crippen molar-refractivity contribution < 1.29 is 9.47 Å². The zero-order valence-electron chi connectivity index (χ0n) is 12.2. The lowest BCUT2D eigenvalue weighted by atomic mass is 10.1. The first-order chi connectivity index (χ1) is 9.74. The highest BCUT2D eigenvalue weighted by Gasteiger charge is 2.06. The van der Waals surface area contributed by atoms with Gasteiger partial charge in [-0.2, -0.15) is 11.3 Å². The van der Waals surface area contributed by atoms with E-state index < -0.39 is 0 Å². The summed E-state index contributed by atoms with van der Waals surface area (Å²) in [7, 11) is 3.32. The molecule has 0 aliphatic carbocycles. The van der Waals surface area contributed by atoms with Crippen molar-refractivity contribution in [3.05, 3.63) is 46.2 Å². The lowest BCUT2D eigenvalue weighted by Crippen LogP contribution is -2.20. The molecule has 2 aromatic rings. The fraction of sp³-hybridized carbons (Fsp3) is 0.375. The predicted octanol–water partition coefficient (Wildman–Crippen LogP) is 3.66. The van der Waals surface area contributed by atoms with Gasteiger partial charge in [-0.15, -0.1) is 0 Å². The molecule has 0 spiro atoms. The van der Waals surface area contributed by atoms with E-state index in [9.17, 15) is 0 Å². The van der Waals surface area contributed by atoms with Crippen molar-refractivity contribution >= 4 is 11.3 Å². The SMILES string of the molecule is COc1ccc(CCNC(C)c2ccsc2)cc1OC. The van der Waals surface area contributed by atoms with Gasteiger partial charge in [0, 0.05) is 6.04 Å². The Morgan fingerprint density at radius 1 is 1.15 bits per heavy atom. The molecule has 1 aromatic heterocycles. The molecule has 0 fully saturated rings. The van der Waals surface area contributed by atoms with E-state index >= 15 is 0 Å². The molecule has 1 unspecified atom stereocenters. The fourth-order valence-corrected chi connectivity index (χ4v) is 2.86. The van der Waals surface area contributed by atoms with Crippen LogP contribution in [0.25, 0.3) is 0 Å². The van der Waals surface area contributed by atoms with E-state index in [1.807, 2.05) is 12.1 Å². The molecule has 108 valence electrons. The Morgan fingerprint density at radius 3 is 2.60 bits per heavy atom. The summed E-state index contributed by atoms with van der Waals surface area (Å²) in [5, 5.41) is 7.84. The summed E-state index contributed by atoms with van der Waals surface area (Å²) < 4.78 is 10.6. The average Bonchev–Trinajstić information content (AvgIpc) is 3.01. The second-order valence-corrected chi connectivity index (χ2v) is 5.45. The smallest absolute Gasteiger partial charge is 0.160 e. The zero-order valence-corrected chi connectivity index (χ0v) is 13.0. The van der Waals surface area contributed by atoms with Crippen molar-refractivity contribution in [3.8, 4) is 11.5 Å². The molecule has 0 aliphatic heterocycles. The van der Waals surface area contributed by atoms with Crippen LogP contribution in [0.1, 0.15) is 24.1 Å². The Balaban J connectivity index is 1.88. The maximum absolute atomic E-state index is 5.32. The molecule has 1 aromatic carbocycles. The molecular formula is C16H21NO2S. The number of benzene rings is 1. The topological polar surface area (TPSA) is 30.5 Å². The zero-order chi connectivity index (χ0) is 14.4. The van der Waals surface area contributed by atoms with Gasteiger partial charge in [-0.25, -0.2) is 0 Å². The van der Waals surface area contributed by atoms with E-state index in [1.165, 1.54) is 11.1 Å². The normalized spacial score (nSPS) is 12.2. The summed E-state index contributed by atoms with van der Waals surface area (Å²) in [6.45, 7) is 3.13. The quantitative estimate of drug-likeness (QED) is 0.844. The van der Waals surface area contributed by atoms with Crippen LogP contribution in [0.5, 0.6) is 11.5 Å². The summed E-state index contributed by atoms with van der Waals surface area (Å²) in [5.74, 6) is 1.56. The first kappa shape index (κ1) is 14.9. The first-order valence-electron chi connectivity index (χ1n) is 6.71. The minimum absolute atomic E-state index is 0.390. The molecule has 20 heavy (non-hydrogen) atoms. The minimum Gasteiger partial charge on any atom is -0.493 e. The maximum atomic E-state index is 5.32. The molecule has 2 rings (SSSR count). The van der Waals surface area contributed by atoms with Crippen LogP contribution in [0.4, 0.5) is 0 Å². The highest BCUT2D eigenvalue weighted by Crippen LogP contribution is 2.27. The van der Waals surface area contributed by atoms with Crippen LogP contribution < -0.4 is 14.8 Å². The van der Waals surface area contributed by atoms with Gasteiger partial charge < -0.3 is 14.8 Å². The third-order valence-corrected chi connectivity index (χ3v) is 4.06. The Morgan fingerprint density at radius 2 is 1.95 bits per heavy atom. The molecular weight excluding hydrogens is 270 g/mol. The Kier molecular flexibility index (Phi) is 5.44. The number of ether oxygens (including phenoxy) is 2. The predicted molar refractivity (Wildman–Crippen MR) is 84.0 cm³/mol. The largest absolute Gasteiger partial charge is 0.493 e. The van der Waals surface area contributed by atoms with Gasteiger partial charge in [0.2, 0.25) is 0 Å². The Hall–Kier alpha value is -1.52. The van der Waals surface area contributed by atoms with Crippen molar-refractivity contribution in [2.24, 2.45) is 0 Å². The third-order valence-electron chi connectivity index (χ3n) is 3.36. The van der Waals surface area contributed by atoms with Gasteiger partial charge in [-0.1, -0.05) is 6.07 Å². The number of nitrogens with one attached hydrogen (secondary N) is 1. The van der Waals surface area contributed by atoms with Gasteiger partial charge in [-0.3, -0.25) is 0 Å². The second-order valence-electron chi connectivity index (χ2n) is 4.67. The van der Waals surface area contributed by atoms with E-state index in [4.69, 9.17) is 9.47 Å². The average molecular weight is 291 g/mol. The summed E-state index contributed by atoms with van der Waals surface area (Å²) in [6, 6.07) is 8.63. The Bertz CT molecular complexity index is 525. The van der Waals surface area contributed by atoms with Gasteiger partial charge in [0.25, 0.3) is 0 Å². The van der Waals surface area contributed by atoms with Crippen LogP contribution in [-0.2, 0) is 6.42 Å². The van der Waals surface area contributed by atoms with Crippen LogP contribution >= 0.6 is 11.3 Å². The molecule has 0 amide bonds. The molecule has 1 N–H and O–H groups in total. The second kappa shape index (κ2) is 7.31. The van der Waals surface area contributed by atoms with E-state index in [-0.39, 0.29) is 0 Å². The molecule has 1 heterocycles. The molecule has 4 heteroatoms. The van der Waals surface area contributed by atoms with Gasteiger partial charge in [0.05, 0.1) is 14.2 Å². The monoisotopic (exact) mass is 291 g/mol. The van der Waals surface area contributed by atoms with E-state index in [0.717, 1.165) is 24.5 Å². The number of hydrogen-bond acceptors (Lipinski definition) is 4. The molecule has 0 radical (unpaired) electrons. The standard InChI is InChI=1S/C16H21NO2S/c1-12(14-7-9-20-11-14)17-8-6-13-4-5-15(18-2)16(10-13)19-3/h4-5,7,9-12,17H,6,8H2,1-3H3. The molecule has 1 atom stereocenters. The number of hydrogen-bond donors (Lipinski definition) is 1. The molecule has 0 saturated carbocycles. The van der Waals surface area contributed by atoms with Crippen LogP contribution in [0.2, 0.25) is 0 Å². The summed E-state index contributed by atoms with van der Waals surface area (Å²) >= 11 is 1.74. The fourth-order valence-electron chi connectivity index (χ4n) is 2.11. The van der Waals surface area contributed by atoms with E-state index in [2.05, 4.69) is 35.1 Å². The summed E-state index contributed by atoms with van der Waals surface area (Å²) in [5.41, 5.74) is 2.59. The van der Waals surface area contributed by atoms with Gasteiger partial charge in [-0.05, 0) is 60.0 Å². The van der Waals surface area contributed by atoms with Crippen LogP contribution in [-0.4, -0.2) is 20.8 Å². The lowest BCUT2D eigenvalue weighted by Gasteiger charge is -2.13. The molecule has 0 aliphatic rings. The van der Waals surface area contributed by atoms with E-state index in [1.54, 1.807) is 25.6 Å². The highest BCUT2D eigenvalue weighted by molar-refractivity contribution is 7.07. The van der Waals surface area contributed by atoms with Crippen molar-refractivity contribution in [2.75, 3.05) is 20.8 Å². The van der Waals surface area contributed by atoms with Gasteiger partial charge in [0.15, 0.2) is 11.5 Å². The van der Waals surface area contributed by atoms with Gasteiger partial charge >= 0.3 is 0 Å². The summed E-state index contributed by atoms with van der Waals surface area (Å²) in [4.78, 5) is 0. The lowest BCUT2D eigenvalue weighted by molar-refractivity contribution is 0.354. The van der Waals surface area contributed by atoms with Crippen LogP contribution in [0.3, 0.4) is 0 Å². The van der Waals surface area contributed by atoms with Crippen molar-refractivity contribution in [2.45, 2.75) is 19.4 Å². The van der Waals surface area contributed by atoms with Crippen molar-refractivity contribution in [3.63, 3.8) is 0 Å². The van der Waals surface area contributed by atoms with E-state index in [0.29, 0.717) is 6.04 Å². The molecule has 0 saturated heterocycles. The van der Waals surface area contributed by atoms with Crippen molar-refractivity contribution in [1.29, 1.82) is 0 Å². The molecule has 0 bridgehead atoms. The van der Waals surface area contributed by atoms with Gasteiger partial charge in [0.1, 0.15) is 0 Å². The first-order valence-corrected chi connectivity index (χ1v) is 7.65. The Labute approximate surface area is 124 Å². The maximum Gasteiger partial charge on any atom is 0.160 e. The van der Waals surface area contributed by atoms with Crippen LogP contribution in [0.15, 0.2) is 35.0 Å². The third kappa shape index (κ3) is 3.74. The van der Waals surface area contributed by atoms with Crippen LogP contribution in [0, 0.1) is 0 Å². The number of methoxy groups -OCH3 is 2. The molecule has 3 nitrogen and oxygen atoms in total.